The van der Waals surface area contributed by atoms with E-state index in [0.717, 1.165) is 0 Å². The van der Waals surface area contributed by atoms with E-state index in [-0.39, 0.29) is 28.1 Å². The summed E-state index contributed by atoms with van der Waals surface area (Å²) in [7, 11) is 4.37. The van der Waals surface area contributed by atoms with Gasteiger partial charge in [-0.1, -0.05) is 0 Å². The van der Waals surface area contributed by atoms with Gasteiger partial charge in [0, 0.05) is 28.9 Å². The number of anilines is 1. The second-order valence-corrected chi connectivity index (χ2v) is 7.03. The molecule has 0 aliphatic heterocycles. The Hall–Kier alpha value is -4.33. The van der Waals surface area contributed by atoms with Gasteiger partial charge in [-0.3, -0.25) is 9.59 Å². The van der Waals surface area contributed by atoms with Gasteiger partial charge in [0.1, 0.15) is 22.5 Å². The normalized spacial score (nSPS) is 10.7. The lowest BCUT2D eigenvalue weighted by atomic mass is 10.1. The van der Waals surface area contributed by atoms with Gasteiger partial charge in [0.25, 0.3) is 5.91 Å². The van der Waals surface area contributed by atoms with E-state index in [4.69, 9.17) is 18.6 Å². The predicted octanol–water partition coefficient (Wildman–Crippen LogP) is 4.88. The Bertz CT molecular complexity index is 1380. The highest BCUT2D eigenvalue weighted by Gasteiger charge is 2.20. The van der Waals surface area contributed by atoms with Crippen molar-refractivity contribution < 1.29 is 27.8 Å². The summed E-state index contributed by atoms with van der Waals surface area (Å²) in [6.07, 6.45) is 0. The molecule has 0 fully saturated rings. The van der Waals surface area contributed by atoms with E-state index < -0.39 is 5.82 Å². The average Bonchev–Trinajstić information content (AvgIpc) is 2.83. The second-order valence-electron chi connectivity index (χ2n) is 7.03. The smallest absolute Gasteiger partial charge is 0.255 e. The number of amides is 1. The first kappa shape index (κ1) is 21.9. The highest BCUT2D eigenvalue weighted by molar-refractivity contribution is 6.04. The first-order valence-corrected chi connectivity index (χ1v) is 9.89. The lowest BCUT2D eigenvalue weighted by Gasteiger charge is -2.14. The molecule has 0 atom stereocenters. The van der Waals surface area contributed by atoms with Crippen molar-refractivity contribution in [2.75, 3.05) is 26.6 Å². The van der Waals surface area contributed by atoms with Crippen molar-refractivity contribution in [1.82, 2.24) is 0 Å². The van der Waals surface area contributed by atoms with E-state index in [1.807, 2.05) is 0 Å². The van der Waals surface area contributed by atoms with Gasteiger partial charge in [0.2, 0.25) is 5.75 Å². The van der Waals surface area contributed by atoms with Crippen LogP contribution in [0, 0.1) is 5.82 Å². The van der Waals surface area contributed by atoms with Crippen LogP contribution < -0.4 is 25.0 Å². The monoisotopic (exact) mass is 449 g/mol. The number of hydrogen-bond donors (Lipinski definition) is 1. The highest BCUT2D eigenvalue weighted by atomic mass is 19.1. The maximum absolute atomic E-state index is 13.0. The summed E-state index contributed by atoms with van der Waals surface area (Å²) in [4.78, 5) is 25.2. The number of rotatable bonds is 6. The van der Waals surface area contributed by atoms with Crippen LogP contribution in [0.5, 0.6) is 17.2 Å². The molecular formula is C25H20FNO6. The quantitative estimate of drug-likeness (QED) is 0.452. The summed E-state index contributed by atoms with van der Waals surface area (Å²) >= 11 is 0. The number of hydrogen-bond acceptors (Lipinski definition) is 6. The molecular weight excluding hydrogens is 429 g/mol. The van der Waals surface area contributed by atoms with Gasteiger partial charge in [-0.2, -0.15) is 0 Å². The summed E-state index contributed by atoms with van der Waals surface area (Å²) in [6.45, 7) is 0. The number of ether oxygens (including phenoxy) is 3. The van der Waals surface area contributed by atoms with Crippen molar-refractivity contribution in [1.29, 1.82) is 0 Å². The molecule has 0 aliphatic rings. The Kier molecular flexibility index (Phi) is 5.99. The Morgan fingerprint density at radius 3 is 2.15 bits per heavy atom. The number of benzene rings is 3. The fraction of sp³-hybridized carbons (Fsp3) is 0.120. The minimum atomic E-state index is -0.415. The summed E-state index contributed by atoms with van der Waals surface area (Å²) in [6, 6.07) is 15.0. The van der Waals surface area contributed by atoms with Crippen molar-refractivity contribution in [3.8, 4) is 28.6 Å². The zero-order valence-corrected chi connectivity index (χ0v) is 18.1. The van der Waals surface area contributed by atoms with E-state index in [1.54, 1.807) is 30.3 Å². The highest BCUT2D eigenvalue weighted by Crippen LogP contribution is 2.42. The zero-order chi connectivity index (χ0) is 23.5. The van der Waals surface area contributed by atoms with E-state index in [2.05, 4.69) is 5.32 Å². The third kappa shape index (κ3) is 4.23. The lowest BCUT2D eigenvalue weighted by molar-refractivity contribution is 0.102. The van der Waals surface area contributed by atoms with Crippen molar-refractivity contribution in [2.45, 2.75) is 0 Å². The van der Waals surface area contributed by atoms with Crippen LogP contribution in [0.2, 0.25) is 0 Å². The molecule has 8 heteroatoms. The number of carbonyl (C=O) groups is 1. The molecule has 0 saturated heterocycles. The van der Waals surface area contributed by atoms with Crippen molar-refractivity contribution in [3.05, 3.63) is 82.3 Å². The molecule has 4 aromatic rings. The molecule has 0 radical (unpaired) electrons. The van der Waals surface area contributed by atoms with Crippen molar-refractivity contribution in [3.63, 3.8) is 0 Å². The van der Waals surface area contributed by atoms with Gasteiger partial charge >= 0.3 is 0 Å². The van der Waals surface area contributed by atoms with Gasteiger partial charge in [0.05, 0.1) is 21.3 Å². The van der Waals surface area contributed by atoms with Gasteiger partial charge in [-0.15, -0.1) is 0 Å². The van der Waals surface area contributed by atoms with E-state index in [0.29, 0.717) is 34.1 Å². The standard InChI is InChI=1S/C25H20FNO6/c1-30-21-13-20-22(24(32-3)23(21)31-2)18(28)12-19(33-20)14-6-10-17(11-7-14)27-25(29)15-4-8-16(26)9-5-15/h4-13H,1-3H3,(H,27,29). The molecule has 1 N–H and O–H groups in total. The van der Waals surface area contributed by atoms with E-state index in [9.17, 15) is 14.0 Å². The summed E-state index contributed by atoms with van der Waals surface area (Å²) in [5.41, 5.74) is 1.46. The average molecular weight is 449 g/mol. The van der Waals surface area contributed by atoms with Crippen molar-refractivity contribution >= 4 is 22.6 Å². The minimum Gasteiger partial charge on any atom is -0.493 e. The fourth-order valence-electron chi connectivity index (χ4n) is 3.45. The molecule has 1 aromatic heterocycles. The molecule has 0 saturated carbocycles. The molecule has 1 heterocycles. The van der Waals surface area contributed by atoms with Gasteiger partial charge in [0.15, 0.2) is 16.9 Å². The van der Waals surface area contributed by atoms with Crippen LogP contribution in [0.1, 0.15) is 10.4 Å². The molecule has 3 aromatic carbocycles. The molecule has 168 valence electrons. The molecule has 0 aliphatic carbocycles. The van der Waals surface area contributed by atoms with Crippen LogP contribution in [0.3, 0.4) is 0 Å². The summed E-state index contributed by atoms with van der Waals surface area (Å²) in [5.74, 6) is 0.438. The third-order valence-corrected chi connectivity index (χ3v) is 5.06. The van der Waals surface area contributed by atoms with Crippen LogP contribution in [0.15, 0.2) is 69.9 Å². The number of halogens is 1. The molecule has 33 heavy (non-hydrogen) atoms. The number of carbonyl (C=O) groups excluding carboxylic acids is 1. The Morgan fingerprint density at radius 2 is 1.55 bits per heavy atom. The fourth-order valence-corrected chi connectivity index (χ4v) is 3.45. The number of methoxy groups -OCH3 is 3. The number of fused-ring (bicyclic) bond motifs is 1. The van der Waals surface area contributed by atoms with Crippen molar-refractivity contribution in [2.24, 2.45) is 0 Å². The van der Waals surface area contributed by atoms with E-state index in [1.165, 1.54) is 51.7 Å². The van der Waals surface area contributed by atoms with Crippen LogP contribution in [-0.2, 0) is 0 Å². The summed E-state index contributed by atoms with van der Waals surface area (Å²) in [5, 5.41) is 2.98. The molecule has 0 bridgehead atoms. The lowest BCUT2D eigenvalue weighted by Crippen LogP contribution is -2.11. The van der Waals surface area contributed by atoms with Gasteiger partial charge < -0.3 is 23.9 Å². The van der Waals surface area contributed by atoms with Gasteiger partial charge in [-0.25, -0.2) is 4.39 Å². The molecule has 0 unspecified atom stereocenters. The van der Waals surface area contributed by atoms with Crippen LogP contribution in [0.25, 0.3) is 22.3 Å². The maximum atomic E-state index is 13.0. The van der Waals surface area contributed by atoms with Crippen LogP contribution in [0.4, 0.5) is 10.1 Å². The minimum absolute atomic E-state index is 0.228. The second kappa shape index (κ2) is 9.04. The first-order chi connectivity index (χ1) is 15.9. The third-order valence-electron chi connectivity index (χ3n) is 5.06. The molecule has 0 spiro atoms. The largest absolute Gasteiger partial charge is 0.493 e. The number of nitrogens with one attached hydrogen (secondary N) is 1. The Labute approximate surface area is 188 Å². The van der Waals surface area contributed by atoms with Crippen LogP contribution in [-0.4, -0.2) is 27.2 Å². The SMILES string of the molecule is COc1cc2oc(-c3ccc(NC(=O)c4ccc(F)cc4)cc3)cc(=O)c2c(OC)c1OC. The Morgan fingerprint density at radius 1 is 0.879 bits per heavy atom. The molecule has 4 rings (SSSR count). The zero-order valence-electron chi connectivity index (χ0n) is 18.1. The van der Waals surface area contributed by atoms with Crippen LogP contribution >= 0.6 is 0 Å². The summed E-state index contributed by atoms with van der Waals surface area (Å²) < 4.78 is 35.1. The maximum Gasteiger partial charge on any atom is 0.255 e. The Balaban J connectivity index is 1.67. The van der Waals surface area contributed by atoms with Gasteiger partial charge in [-0.05, 0) is 48.5 Å². The predicted molar refractivity (Wildman–Crippen MR) is 122 cm³/mol. The molecule has 7 nitrogen and oxygen atoms in total. The molecule has 1 amide bonds. The van der Waals surface area contributed by atoms with E-state index >= 15 is 0 Å². The first-order valence-electron chi connectivity index (χ1n) is 9.89. The topological polar surface area (TPSA) is 87.0 Å².